The van der Waals surface area contributed by atoms with Crippen molar-refractivity contribution in [1.82, 2.24) is 19.7 Å². The minimum atomic E-state index is 0.0770. The Morgan fingerprint density at radius 3 is 3.14 bits per heavy atom. The highest BCUT2D eigenvalue weighted by Crippen LogP contribution is 2.34. The second-order valence-corrected chi connectivity index (χ2v) is 5.28. The Kier molecular flexibility index (Phi) is 4.53. The maximum Gasteiger partial charge on any atom is 0.218 e. The van der Waals surface area contributed by atoms with E-state index in [-0.39, 0.29) is 6.10 Å². The zero-order valence-electron chi connectivity index (χ0n) is 12.9. The Balaban J connectivity index is 1.63. The van der Waals surface area contributed by atoms with E-state index >= 15 is 0 Å². The molecule has 1 aliphatic rings. The van der Waals surface area contributed by atoms with Crippen LogP contribution in [0.2, 0.25) is 0 Å². The molecule has 7 nitrogen and oxygen atoms in total. The maximum absolute atomic E-state index is 5.88. The average Bonchev–Trinajstić information content (AvgIpc) is 3.14. The molecule has 2 aromatic rings. The summed E-state index contributed by atoms with van der Waals surface area (Å²) in [5.41, 5.74) is 1.11. The topological polar surface area (TPSA) is 74.1 Å². The van der Waals surface area contributed by atoms with Crippen LogP contribution in [0.4, 0.5) is 5.82 Å². The first-order valence-corrected chi connectivity index (χ1v) is 7.56. The van der Waals surface area contributed by atoms with Crippen LogP contribution in [0.25, 0.3) is 0 Å². The molecule has 1 N–H and O–H groups in total. The highest BCUT2D eigenvalue weighted by atomic mass is 16.5. The first-order chi connectivity index (χ1) is 10.8. The minimum Gasteiger partial charge on any atom is -0.478 e. The first kappa shape index (κ1) is 14.8. The van der Waals surface area contributed by atoms with E-state index in [9.17, 15) is 0 Å². The van der Waals surface area contributed by atoms with Gasteiger partial charge in [-0.05, 0) is 19.4 Å². The van der Waals surface area contributed by atoms with Gasteiger partial charge in [-0.3, -0.25) is 4.68 Å². The molecule has 0 saturated carbocycles. The van der Waals surface area contributed by atoms with Gasteiger partial charge in [0.2, 0.25) is 5.88 Å². The van der Waals surface area contributed by atoms with E-state index in [1.165, 1.54) is 6.33 Å². The number of nitrogens with one attached hydrogen (secondary N) is 1. The Morgan fingerprint density at radius 2 is 2.36 bits per heavy atom. The second-order valence-electron chi connectivity index (χ2n) is 5.28. The predicted molar refractivity (Wildman–Crippen MR) is 81.7 cm³/mol. The molecule has 0 radical (unpaired) electrons. The third-order valence-electron chi connectivity index (χ3n) is 3.84. The molecule has 22 heavy (non-hydrogen) atoms. The van der Waals surface area contributed by atoms with Gasteiger partial charge in [-0.25, -0.2) is 9.97 Å². The molecule has 3 rings (SSSR count). The van der Waals surface area contributed by atoms with Crippen LogP contribution in [-0.2, 0) is 11.8 Å². The van der Waals surface area contributed by atoms with Crippen molar-refractivity contribution >= 4 is 5.82 Å². The molecule has 1 aliphatic heterocycles. The molecule has 118 valence electrons. The molecule has 0 bridgehead atoms. The molecule has 0 spiro atoms. The third-order valence-corrected chi connectivity index (χ3v) is 3.84. The lowest BCUT2D eigenvalue weighted by molar-refractivity contribution is 0.0866. The van der Waals surface area contributed by atoms with Crippen molar-refractivity contribution in [3.63, 3.8) is 0 Å². The number of nitrogens with zero attached hydrogens (tertiary/aromatic N) is 4. The molecule has 2 aromatic heterocycles. The van der Waals surface area contributed by atoms with E-state index in [4.69, 9.17) is 9.47 Å². The minimum absolute atomic E-state index is 0.0770. The van der Waals surface area contributed by atoms with E-state index in [1.807, 2.05) is 30.8 Å². The number of anilines is 1. The molecule has 2 atom stereocenters. The van der Waals surface area contributed by atoms with Crippen LogP contribution in [0.5, 0.6) is 5.88 Å². The average molecular weight is 303 g/mol. The Morgan fingerprint density at radius 1 is 1.45 bits per heavy atom. The smallest absolute Gasteiger partial charge is 0.218 e. The number of ether oxygens (including phenoxy) is 2. The summed E-state index contributed by atoms with van der Waals surface area (Å²) in [4.78, 5) is 8.29. The summed E-state index contributed by atoms with van der Waals surface area (Å²) in [6.07, 6.45) is 4.41. The van der Waals surface area contributed by atoms with Crippen molar-refractivity contribution in [3.05, 3.63) is 30.4 Å². The lowest BCUT2D eigenvalue weighted by Crippen LogP contribution is -2.20. The van der Waals surface area contributed by atoms with E-state index in [0.29, 0.717) is 18.4 Å². The highest BCUT2D eigenvalue weighted by molar-refractivity contribution is 5.37. The van der Waals surface area contributed by atoms with Crippen molar-refractivity contribution in [2.75, 3.05) is 25.1 Å². The van der Waals surface area contributed by atoms with Crippen LogP contribution >= 0.6 is 0 Å². The third kappa shape index (κ3) is 3.19. The van der Waals surface area contributed by atoms with Crippen LogP contribution < -0.4 is 10.1 Å². The quantitative estimate of drug-likeness (QED) is 0.877. The SMILES string of the molecule is CCOc1cc(NC[C@@H]2CCO[C@H]2c2ccnn2C)ncn1. The standard InChI is InChI=1S/C15H21N5O2/c1-3-21-14-8-13(17-10-18-14)16-9-11-5-7-22-15(11)12-4-6-19-20(12)2/h4,6,8,10-11,15H,3,5,7,9H2,1-2H3,(H,16,17,18)/t11-,15+/m0/s1. The summed E-state index contributed by atoms with van der Waals surface area (Å²) in [6, 6.07) is 3.83. The monoisotopic (exact) mass is 303 g/mol. The van der Waals surface area contributed by atoms with E-state index in [1.54, 1.807) is 6.20 Å². The second kappa shape index (κ2) is 6.74. The Labute approximate surface area is 129 Å². The molecule has 0 aromatic carbocycles. The van der Waals surface area contributed by atoms with Crippen LogP contribution in [0.1, 0.15) is 25.1 Å². The van der Waals surface area contributed by atoms with Gasteiger partial charge in [0.1, 0.15) is 18.2 Å². The van der Waals surface area contributed by atoms with Gasteiger partial charge in [0.05, 0.1) is 12.3 Å². The molecule has 7 heteroatoms. The first-order valence-electron chi connectivity index (χ1n) is 7.56. The van der Waals surface area contributed by atoms with Gasteiger partial charge >= 0.3 is 0 Å². The zero-order valence-corrected chi connectivity index (χ0v) is 12.9. The zero-order chi connectivity index (χ0) is 15.4. The van der Waals surface area contributed by atoms with E-state index in [0.717, 1.165) is 31.1 Å². The Bertz CT molecular complexity index is 615. The molecule has 0 amide bonds. The maximum atomic E-state index is 5.88. The van der Waals surface area contributed by atoms with Crippen molar-refractivity contribution in [1.29, 1.82) is 0 Å². The largest absolute Gasteiger partial charge is 0.478 e. The molecule has 3 heterocycles. The van der Waals surface area contributed by atoms with Crippen molar-refractivity contribution in [2.45, 2.75) is 19.4 Å². The van der Waals surface area contributed by atoms with Crippen LogP contribution in [0, 0.1) is 5.92 Å². The highest BCUT2D eigenvalue weighted by Gasteiger charge is 2.31. The van der Waals surface area contributed by atoms with Gasteiger partial charge in [-0.15, -0.1) is 0 Å². The summed E-state index contributed by atoms with van der Waals surface area (Å²) in [5, 5.41) is 7.58. The molecular weight excluding hydrogens is 282 g/mol. The fourth-order valence-corrected chi connectivity index (χ4v) is 2.73. The normalized spacial score (nSPS) is 21.0. The molecular formula is C15H21N5O2. The van der Waals surface area contributed by atoms with E-state index < -0.39 is 0 Å². The molecule has 1 saturated heterocycles. The van der Waals surface area contributed by atoms with Gasteiger partial charge < -0.3 is 14.8 Å². The molecule has 0 unspecified atom stereocenters. The summed E-state index contributed by atoms with van der Waals surface area (Å²) in [5.74, 6) is 1.75. The van der Waals surface area contributed by atoms with Crippen molar-refractivity contribution in [3.8, 4) is 5.88 Å². The van der Waals surface area contributed by atoms with Gasteiger partial charge in [-0.2, -0.15) is 5.10 Å². The van der Waals surface area contributed by atoms with Gasteiger partial charge in [0.15, 0.2) is 0 Å². The van der Waals surface area contributed by atoms with Gasteiger partial charge in [0.25, 0.3) is 0 Å². The number of aromatic nitrogens is 4. The molecule has 0 aliphatic carbocycles. The summed E-state index contributed by atoms with van der Waals surface area (Å²) >= 11 is 0. The molecule has 1 fully saturated rings. The summed E-state index contributed by atoms with van der Waals surface area (Å²) < 4.78 is 13.1. The summed E-state index contributed by atoms with van der Waals surface area (Å²) in [7, 11) is 1.94. The van der Waals surface area contributed by atoms with Crippen LogP contribution in [-0.4, -0.2) is 39.5 Å². The summed E-state index contributed by atoms with van der Waals surface area (Å²) in [6.45, 7) is 4.09. The Hall–Kier alpha value is -2.15. The van der Waals surface area contributed by atoms with Gasteiger partial charge in [0, 0.05) is 38.4 Å². The predicted octanol–water partition coefficient (Wildman–Crippen LogP) is 1.80. The number of rotatable bonds is 6. The number of aryl methyl sites for hydroxylation is 1. The van der Waals surface area contributed by atoms with Crippen molar-refractivity contribution < 1.29 is 9.47 Å². The number of hydrogen-bond acceptors (Lipinski definition) is 6. The van der Waals surface area contributed by atoms with E-state index in [2.05, 4.69) is 20.4 Å². The fraction of sp³-hybridized carbons (Fsp3) is 0.533. The number of hydrogen-bond donors (Lipinski definition) is 1. The van der Waals surface area contributed by atoms with Crippen LogP contribution in [0.15, 0.2) is 24.7 Å². The lowest BCUT2D eigenvalue weighted by Gasteiger charge is -2.19. The fourth-order valence-electron chi connectivity index (χ4n) is 2.73. The van der Waals surface area contributed by atoms with Crippen molar-refractivity contribution in [2.24, 2.45) is 13.0 Å². The van der Waals surface area contributed by atoms with Crippen LogP contribution in [0.3, 0.4) is 0 Å². The lowest BCUT2D eigenvalue weighted by atomic mass is 9.99. The van der Waals surface area contributed by atoms with Gasteiger partial charge in [-0.1, -0.05) is 0 Å².